The second kappa shape index (κ2) is 7.50. The van der Waals surface area contributed by atoms with Crippen LogP contribution in [0.25, 0.3) is 0 Å². The summed E-state index contributed by atoms with van der Waals surface area (Å²) in [6, 6.07) is 0. The third-order valence-electron chi connectivity index (χ3n) is 10.2. The molecule has 4 rings (SSSR count). The molecule has 29 heavy (non-hydrogen) atoms. The summed E-state index contributed by atoms with van der Waals surface area (Å²) in [6.07, 6.45) is 14.6. The fraction of sp³-hybridized carbons (Fsp3) is 0.889. The molecule has 0 radical (unpaired) electrons. The summed E-state index contributed by atoms with van der Waals surface area (Å²) >= 11 is 0. The molecule has 0 aromatic rings. The number of allylic oxidation sites excluding steroid dienone is 1. The summed E-state index contributed by atoms with van der Waals surface area (Å²) in [5, 5.41) is 11.5. The molecule has 4 aliphatic carbocycles. The van der Waals surface area contributed by atoms with Crippen LogP contribution in [0, 0.1) is 40.4 Å². The van der Waals surface area contributed by atoms with E-state index >= 15 is 0 Å². The largest absolute Gasteiger partial charge is 0.390 e. The van der Waals surface area contributed by atoms with Gasteiger partial charge in [0, 0.05) is 6.42 Å². The topological polar surface area (TPSA) is 37.3 Å². The molecule has 1 N–H and O–H groups in total. The molecule has 7 atom stereocenters. The number of aliphatic hydroxyl groups is 1. The molecule has 3 saturated carbocycles. The summed E-state index contributed by atoms with van der Waals surface area (Å²) < 4.78 is 0. The number of carbonyl (C=O) groups excluding carboxylic acids is 1. The van der Waals surface area contributed by atoms with Gasteiger partial charge in [-0.05, 0) is 105 Å². The van der Waals surface area contributed by atoms with Crippen LogP contribution in [0.2, 0.25) is 0 Å². The van der Waals surface area contributed by atoms with E-state index in [2.05, 4.69) is 34.6 Å². The van der Waals surface area contributed by atoms with Gasteiger partial charge >= 0.3 is 0 Å². The average molecular weight is 401 g/mol. The number of carbonyl (C=O) groups is 1. The first-order valence-electron chi connectivity index (χ1n) is 12.5. The number of rotatable bonds is 5. The van der Waals surface area contributed by atoms with Gasteiger partial charge in [0.2, 0.25) is 0 Å². The molecule has 0 aromatic heterocycles. The predicted molar refractivity (Wildman–Crippen MR) is 120 cm³/mol. The maximum absolute atomic E-state index is 12.0. The van der Waals surface area contributed by atoms with E-state index in [0.29, 0.717) is 17.1 Å². The molecule has 2 heteroatoms. The first-order chi connectivity index (χ1) is 13.6. The smallest absolute Gasteiger partial charge is 0.155 e. The van der Waals surface area contributed by atoms with Gasteiger partial charge in [-0.1, -0.05) is 46.1 Å². The first kappa shape index (κ1) is 21.6. The Morgan fingerprint density at radius 3 is 2.59 bits per heavy atom. The Hall–Kier alpha value is -0.630. The molecule has 0 heterocycles. The van der Waals surface area contributed by atoms with E-state index in [-0.39, 0.29) is 5.41 Å². The van der Waals surface area contributed by atoms with E-state index in [0.717, 1.165) is 55.8 Å². The molecule has 0 spiro atoms. The van der Waals surface area contributed by atoms with Gasteiger partial charge in [-0.3, -0.25) is 4.79 Å². The predicted octanol–water partition coefficient (Wildman–Crippen LogP) is 6.71. The zero-order valence-electron chi connectivity index (χ0n) is 19.6. The van der Waals surface area contributed by atoms with Gasteiger partial charge in [0.15, 0.2) is 5.78 Å². The van der Waals surface area contributed by atoms with E-state index in [1.807, 2.05) is 6.08 Å². The fourth-order valence-corrected chi connectivity index (χ4v) is 8.62. The van der Waals surface area contributed by atoms with Crippen LogP contribution in [0.3, 0.4) is 0 Å². The summed E-state index contributed by atoms with van der Waals surface area (Å²) in [5.74, 6) is 3.83. The second-order valence-electron chi connectivity index (χ2n) is 12.3. The van der Waals surface area contributed by atoms with Gasteiger partial charge < -0.3 is 5.11 Å². The quantitative estimate of drug-likeness (QED) is 0.556. The zero-order chi connectivity index (χ0) is 21.0. The van der Waals surface area contributed by atoms with Crippen molar-refractivity contribution >= 4 is 5.78 Å². The number of hydrogen-bond donors (Lipinski definition) is 1. The van der Waals surface area contributed by atoms with Gasteiger partial charge in [0.25, 0.3) is 0 Å². The minimum atomic E-state index is -0.522. The molecule has 0 aliphatic heterocycles. The van der Waals surface area contributed by atoms with Crippen molar-refractivity contribution in [2.75, 3.05) is 0 Å². The SMILES string of the molecule is CC(C)CCC[C@@](C)(O)[C@H]1CC[C@H]2[C@@H]3CCC4=CC(=O)CC[C@]4(C)[C@H]3CC[C@@]21C. The van der Waals surface area contributed by atoms with Crippen LogP contribution in [-0.4, -0.2) is 16.5 Å². The maximum Gasteiger partial charge on any atom is 0.155 e. The highest BCUT2D eigenvalue weighted by Crippen LogP contribution is 2.68. The molecule has 164 valence electrons. The lowest BCUT2D eigenvalue weighted by atomic mass is 9.46. The Kier molecular flexibility index (Phi) is 5.59. The Labute approximate surface area is 178 Å². The minimum Gasteiger partial charge on any atom is -0.390 e. The lowest BCUT2D eigenvalue weighted by Gasteiger charge is -2.59. The van der Waals surface area contributed by atoms with Gasteiger partial charge in [-0.25, -0.2) is 0 Å². The highest BCUT2D eigenvalue weighted by Gasteiger charge is 2.61. The minimum absolute atomic E-state index is 0.260. The monoisotopic (exact) mass is 400 g/mol. The van der Waals surface area contributed by atoms with Crippen molar-refractivity contribution < 1.29 is 9.90 Å². The molecule has 0 saturated heterocycles. The zero-order valence-corrected chi connectivity index (χ0v) is 19.6. The van der Waals surface area contributed by atoms with Crippen molar-refractivity contribution in [3.05, 3.63) is 11.6 Å². The van der Waals surface area contributed by atoms with E-state index in [4.69, 9.17) is 0 Å². The van der Waals surface area contributed by atoms with Crippen LogP contribution in [0.15, 0.2) is 11.6 Å². The molecule has 4 aliphatic rings. The summed E-state index contributed by atoms with van der Waals surface area (Å²) in [7, 11) is 0. The molecule has 0 aromatic carbocycles. The maximum atomic E-state index is 12.0. The van der Waals surface area contributed by atoms with E-state index < -0.39 is 5.60 Å². The second-order valence-corrected chi connectivity index (χ2v) is 12.3. The molecular formula is C27H44O2. The van der Waals surface area contributed by atoms with Crippen LogP contribution >= 0.6 is 0 Å². The summed E-state index contributed by atoms with van der Waals surface area (Å²) in [5.41, 5.74) is 1.50. The van der Waals surface area contributed by atoms with E-state index in [9.17, 15) is 9.90 Å². The third-order valence-corrected chi connectivity index (χ3v) is 10.2. The molecule has 0 unspecified atom stereocenters. The van der Waals surface area contributed by atoms with Gasteiger partial charge in [-0.2, -0.15) is 0 Å². The van der Waals surface area contributed by atoms with E-state index in [1.54, 1.807) is 0 Å². The Bertz CT molecular complexity index is 674. The standard InChI is InChI=1S/C27H44O2/c1-18(2)7-6-14-27(5,29)24-11-10-22-21-9-8-19-17-20(28)12-15-25(19,3)23(21)13-16-26(22,24)4/h17-18,21-24,29H,6-16H2,1-5H3/t21-,22-,23-,24-,25-,26-,27+/m0/s1. The highest BCUT2D eigenvalue weighted by atomic mass is 16.3. The number of ketones is 1. The molecule has 2 nitrogen and oxygen atoms in total. The van der Waals surface area contributed by atoms with Crippen molar-refractivity contribution in [2.24, 2.45) is 40.4 Å². The van der Waals surface area contributed by atoms with Crippen LogP contribution in [-0.2, 0) is 4.79 Å². The lowest BCUT2D eigenvalue weighted by Crippen LogP contribution is -2.53. The molecule has 0 amide bonds. The Balaban J connectivity index is 1.53. The van der Waals surface area contributed by atoms with Crippen LogP contribution < -0.4 is 0 Å². The van der Waals surface area contributed by atoms with Crippen LogP contribution in [0.5, 0.6) is 0 Å². The highest BCUT2D eigenvalue weighted by molar-refractivity contribution is 5.91. The number of fused-ring (bicyclic) bond motifs is 5. The van der Waals surface area contributed by atoms with Crippen LogP contribution in [0.1, 0.15) is 105 Å². The summed E-state index contributed by atoms with van der Waals surface area (Å²) in [6.45, 7) is 11.7. The lowest BCUT2D eigenvalue weighted by molar-refractivity contribution is -0.120. The Morgan fingerprint density at radius 1 is 1.10 bits per heavy atom. The summed E-state index contributed by atoms with van der Waals surface area (Å²) in [4.78, 5) is 12.0. The Morgan fingerprint density at radius 2 is 1.86 bits per heavy atom. The molecule has 3 fully saturated rings. The van der Waals surface area contributed by atoms with Crippen molar-refractivity contribution in [1.29, 1.82) is 0 Å². The van der Waals surface area contributed by atoms with E-state index in [1.165, 1.54) is 44.1 Å². The molecular weight excluding hydrogens is 356 g/mol. The molecule has 0 bridgehead atoms. The van der Waals surface area contributed by atoms with Gasteiger partial charge in [-0.15, -0.1) is 0 Å². The van der Waals surface area contributed by atoms with Crippen molar-refractivity contribution in [2.45, 2.75) is 111 Å². The van der Waals surface area contributed by atoms with Gasteiger partial charge in [0.05, 0.1) is 5.60 Å². The van der Waals surface area contributed by atoms with Gasteiger partial charge in [0.1, 0.15) is 0 Å². The number of hydrogen-bond acceptors (Lipinski definition) is 2. The average Bonchev–Trinajstić information content (AvgIpc) is 3.00. The van der Waals surface area contributed by atoms with Crippen molar-refractivity contribution in [1.82, 2.24) is 0 Å². The normalized spacial score (nSPS) is 44.0. The third kappa shape index (κ3) is 3.56. The van der Waals surface area contributed by atoms with Crippen molar-refractivity contribution in [3.63, 3.8) is 0 Å². The van der Waals surface area contributed by atoms with Crippen molar-refractivity contribution in [3.8, 4) is 0 Å². The first-order valence-corrected chi connectivity index (χ1v) is 12.5. The van der Waals surface area contributed by atoms with Crippen LogP contribution in [0.4, 0.5) is 0 Å². The fourth-order valence-electron chi connectivity index (χ4n) is 8.62.